The Labute approximate surface area is 163 Å². The molecule has 0 bridgehead atoms. The van der Waals surface area contributed by atoms with Gasteiger partial charge in [0.1, 0.15) is 0 Å². The third-order valence-corrected chi connectivity index (χ3v) is 3.97. The normalized spacial score (nSPS) is 16.1. The fourth-order valence-electron chi connectivity index (χ4n) is 2.48. The number of hydrogen-bond acceptors (Lipinski definition) is 7. The molecule has 9 nitrogen and oxygen atoms in total. The lowest BCUT2D eigenvalue weighted by Gasteiger charge is -2.14. The molecule has 148 valence electrons. The molecule has 1 atom stereocenters. The van der Waals surface area contributed by atoms with Crippen LogP contribution in [0.25, 0.3) is 0 Å². The summed E-state index contributed by atoms with van der Waals surface area (Å²) >= 11 is 5.18. The fourth-order valence-corrected chi connectivity index (χ4v) is 2.61. The smallest absolute Gasteiger partial charge is 0.255 e. The van der Waals surface area contributed by atoms with E-state index in [1.165, 1.54) is 14.2 Å². The van der Waals surface area contributed by atoms with Crippen molar-refractivity contribution >= 4 is 29.5 Å². The molecule has 2 rings (SSSR count). The first-order chi connectivity index (χ1) is 13.0. The minimum absolute atomic E-state index is 0.190. The number of ether oxygens (including phenoxy) is 4. The Morgan fingerprint density at radius 3 is 2.67 bits per heavy atom. The van der Waals surface area contributed by atoms with Crippen LogP contribution in [-0.2, 0) is 9.53 Å². The van der Waals surface area contributed by atoms with Crippen molar-refractivity contribution in [2.45, 2.75) is 18.9 Å². The van der Waals surface area contributed by atoms with Crippen LogP contribution < -0.4 is 30.7 Å². The Bertz CT molecular complexity index is 667. The summed E-state index contributed by atoms with van der Waals surface area (Å²) in [6.45, 7) is 1.16. The van der Waals surface area contributed by atoms with E-state index in [9.17, 15) is 4.79 Å². The van der Waals surface area contributed by atoms with E-state index in [0.717, 1.165) is 19.4 Å². The van der Waals surface area contributed by atoms with E-state index in [-0.39, 0.29) is 18.5 Å². The Morgan fingerprint density at radius 1 is 1.41 bits per heavy atom. The molecule has 1 aliphatic heterocycles. The first kappa shape index (κ1) is 20.7. The van der Waals surface area contributed by atoms with Gasteiger partial charge in [-0.2, -0.15) is 5.10 Å². The average molecular weight is 396 g/mol. The molecule has 0 aliphatic carbocycles. The number of carbonyl (C=O) groups is 1. The van der Waals surface area contributed by atoms with Crippen LogP contribution in [0, 0.1) is 0 Å². The molecule has 1 aromatic rings. The van der Waals surface area contributed by atoms with Crippen molar-refractivity contribution in [3.63, 3.8) is 0 Å². The van der Waals surface area contributed by atoms with Gasteiger partial charge in [-0.05, 0) is 37.2 Å². The van der Waals surface area contributed by atoms with Gasteiger partial charge < -0.3 is 30.0 Å². The Kier molecular flexibility index (Phi) is 8.08. The number of hydrogen-bond donors (Lipinski definition) is 3. The van der Waals surface area contributed by atoms with Crippen molar-refractivity contribution in [1.82, 2.24) is 10.7 Å². The third kappa shape index (κ3) is 6.57. The van der Waals surface area contributed by atoms with Crippen LogP contribution in [0.5, 0.6) is 17.2 Å². The van der Waals surface area contributed by atoms with Gasteiger partial charge in [-0.1, -0.05) is 0 Å². The van der Waals surface area contributed by atoms with Crippen LogP contribution in [0.4, 0.5) is 0 Å². The number of primary amides is 1. The summed E-state index contributed by atoms with van der Waals surface area (Å²) in [6.07, 6.45) is 3.86. The molecule has 1 heterocycles. The molecule has 1 fully saturated rings. The van der Waals surface area contributed by atoms with Crippen LogP contribution >= 0.6 is 12.2 Å². The maximum Gasteiger partial charge on any atom is 0.255 e. The summed E-state index contributed by atoms with van der Waals surface area (Å²) in [4.78, 5) is 10.9. The van der Waals surface area contributed by atoms with Gasteiger partial charge in [0.2, 0.25) is 5.75 Å². The first-order valence-corrected chi connectivity index (χ1v) is 8.80. The molecular weight excluding hydrogens is 372 g/mol. The number of carbonyl (C=O) groups excluding carboxylic acids is 1. The SMILES string of the molecule is COc1cc(/C=N\NC(=S)NC[C@@H]2CCCO2)cc(OC)c1OCC(N)=O. The van der Waals surface area contributed by atoms with Gasteiger partial charge in [-0.25, -0.2) is 0 Å². The Hall–Kier alpha value is -2.59. The molecule has 10 heteroatoms. The second-order valence-corrected chi connectivity index (χ2v) is 6.13. The zero-order valence-corrected chi connectivity index (χ0v) is 16.1. The van der Waals surface area contributed by atoms with Crippen molar-refractivity contribution in [2.24, 2.45) is 10.8 Å². The lowest BCUT2D eigenvalue weighted by atomic mass is 10.2. The lowest BCUT2D eigenvalue weighted by Crippen LogP contribution is -2.37. The van der Waals surface area contributed by atoms with Crippen LogP contribution in [0.3, 0.4) is 0 Å². The van der Waals surface area contributed by atoms with Gasteiger partial charge in [0, 0.05) is 18.7 Å². The molecule has 0 radical (unpaired) electrons. The van der Waals surface area contributed by atoms with Crippen molar-refractivity contribution < 1.29 is 23.7 Å². The molecule has 1 aliphatic rings. The highest BCUT2D eigenvalue weighted by Crippen LogP contribution is 2.38. The molecule has 4 N–H and O–H groups in total. The second kappa shape index (κ2) is 10.5. The number of nitrogens with one attached hydrogen (secondary N) is 2. The van der Waals surface area contributed by atoms with Crippen LogP contribution in [0.15, 0.2) is 17.2 Å². The highest BCUT2D eigenvalue weighted by atomic mass is 32.1. The topological polar surface area (TPSA) is 116 Å². The number of amides is 1. The van der Waals surface area contributed by atoms with Gasteiger partial charge in [0.15, 0.2) is 23.2 Å². The molecule has 0 unspecified atom stereocenters. The second-order valence-electron chi connectivity index (χ2n) is 5.72. The highest BCUT2D eigenvalue weighted by molar-refractivity contribution is 7.80. The van der Waals surface area contributed by atoms with Crippen LogP contribution in [0.1, 0.15) is 18.4 Å². The highest BCUT2D eigenvalue weighted by Gasteiger charge is 2.16. The summed E-state index contributed by atoms with van der Waals surface area (Å²) in [5.74, 6) is 0.461. The number of thiocarbonyl (C=S) groups is 1. The maximum atomic E-state index is 10.9. The predicted octanol–water partition coefficient (Wildman–Crippen LogP) is 0.545. The summed E-state index contributed by atoms with van der Waals surface area (Å²) < 4.78 is 21.5. The zero-order chi connectivity index (χ0) is 19.6. The summed E-state index contributed by atoms with van der Waals surface area (Å²) in [5, 5.41) is 7.56. The molecule has 0 aromatic heterocycles. The molecule has 0 saturated carbocycles. The third-order valence-electron chi connectivity index (χ3n) is 3.74. The zero-order valence-electron chi connectivity index (χ0n) is 15.3. The summed E-state index contributed by atoms with van der Waals surface area (Å²) in [7, 11) is 2.96. The van der Waals surface area contributed by atoms with Gasteiger partial charge in [0.05, 0.1) is 26.5 Å². The number of methoxy groups -OCH3 is 2. The number of rotatable bonds is 9. The minimum Gasteiger partial charge on any atom is -0.493 e. The largest absolute Gasteiger partial charge is 0.493 e. The van der Waals surface area contributed by atoms with E-state index in [0.29, 0.717) is 28.7 Å². The molecular formula is C17H24N4O5S. The monoisotopic (exact) mass is 396 g/mol. The Morgan fingerprint density at radius 2 is 2.11 bits per heavy atom. The minimum atomic E-state index is -0.599. The van der Waals surface area contributed by atoms with Crippen LogP contribution in [-0.4, -0.2) is 57.3 Å². The van der Waals surface area contributed by atoms with Gasteiger partial charge in [-0.15, -0.1) is 0 Å². The maximum absolute atomic E-state index is 10.9. The van der Waals surface area contributed by atoms with Gasteiger partial charge in [0.25, 0.3) is 5.91 Å². The van der Waals surface area contributed by atoms with E-state index in [4.69, 9.17) is 36.9 Å². The molecule has 1 saturated heterocycles. The van der Waals surface area contributed by atoms with Crippen molar-refractivity contribution in [3.05, 3.63) is 17.7 Å². The number of benzene rings is 1. The predicted molar refractivity (Wildman–Crippen MR) is 105 cm³/mol. The van der Waals surface area contributed by atoms with Gasteiger partial charge >= 0.3 is 0 Å². The number of nitrogens with two attached hydrogens (primary N) is 1. The molecule has 1 aromatic carbocycles. The Balaban J connectivity index is 1.96. The van der Waals surface area contributed by atoms with E-state index >= 15 is 0 Å². The van der Waals surface area contributed by atoms with E-state index < -0.39 is 5.91 Å². The molecule has 1 amide bonds. The van der Waals surface area contributed by atoms with Crippen molar-refractivity contribution in [1.29, 1.82) is 0 Å². The summed E-state index contributed by atoms with van der Waals surface area (Å²) in [6, 6.07) is 3.37. The molecule has 0 spiro atoms. The average Bonchev–Trinajstić information content (AvgIpc) is 3.18. The quantitative estimate of drug-likeness (QED) is 0.315. The standard InChI is InChI=1S/C17H24N4O5S/c1-23-13-6-11(7-14(24-2)16(13)26-10-15(18)22)8-20-21-17(27)19-9-12-4-3-5-25-12/h6-8,12H,3-5,9-10H2,1-2H3,(H2,18,22)(H2,19,21,27)/b20-8-/t12-/m0/s1. The van der Waals surface area contributed by atoms with Crippen LogP contribution in [0.2, 0.25) is 0 Å². The van der Waals surface area contributed by atoms with Crippen molar-refractivity contribution in [3.8, 4) is 17.2 Å². The number of nitrogens with zero attached hydrogens (tertiary/aromatic N) is 1. The van der Waals surface area contributed by atoms with E-state index in [1.54, 1.807) is 18.3 Å². The van der Waals surface area contributed by atoms with Crippen molar-refractivity contribution in [2.75, 3.05) is 34.0 Å². The summed E-state index contributed by atoms with van der Waals surface area (Å²) in [5.41, 5.74) is 8.54. The number of hydrazone groups is 1. The van der Waals surface area contributed by atoms with E-state index in [1.807, 2.05) is 0 Å². The molecule has 27 heavy (non-hydrogen) atoms. The fraction of sp³-hybridized carbons (Fsp3) is 0.471. The first-order valence-electron chi connectivity index (χ1n) is 8.39. The lowest BCUT2D eigenvalue weighted by molar-refractivity contribution is -0.120. The van der Waals surface area contributed by atoms with Gasteiger partial charge in [-0.3, -0.25) is 10.2 Å². The van der Waals surface area contributed by atoms with E-state index in [2.05, 4.69) is 15.8 Å².